The van der Waals surface area contributed by atoms with Crippen LogP contribution in [0.2, 0.25) is 0 Å². The highest BCUT2D eigenvalue weighted by Gasteiger charge is 2.29. The number of nitrogens with zero attached hydrogens (tertiary/aromatic N) is 4. The van der Waals surface area contributed by atoms with E-state index >= 15 is 0 Å². The van der Waals surface area contributed by atoms with Gasteiger partial charge in [-0.2, -0.15) is 0 Å². The van der Waals surface area contributed by atoms with Gasteiger partial charge in [0.25, 0.3) is 0 Å². The van der Waals surface area contributed by atoms with Gasteiger partial charge >= 0.3 is 0 Å². The Kier molecular flexibility index (Phi) is 4.98. The van der Waals surface area contributed by atoms with Crippen LogP contribution in [0.3, 0.4) is 0 Å². The largest absolute Gasteiger partial charge is 0.359 e. The maximum Gasteiger partial charge on any atom is 0.0903 e. The summed E-state index contributed by atoms with van der Waals surface area (Å²) in [6.07, 6.45) is 1.20. The Labute approximate surface area is 137 Å². The molecule has 0 amide bonds. The standard InChI is InChI=1S/C18H34N4/c1-13(2)21-12-22(18(7)17(21)6)14(3)9-10-20-11-19(8)15(4)16(20)5/h13-14H,9-12H2,1-8H3. The van der Waals surface area contributed by atoms with Crippen LogP contribution in [0.4, 0.5) is 0 Å². The zero-order chi connectivity index (χ0) is 16.6. The molecule has 0 radical (unpaired) electrons. The Hall–Kier alpha value is -1.32. The summed E-state index contributed by atoms with van der Waals surface area (Å²) in [7, 11) is 2.18. The average molecular weight is 306 g/mol. The lowest BCUT2D eigenvalue weighted by atomic mass is 10.2. The molecular formula is C18H34N4. The van der Waals surface area contributed by atoms with Crippen molar-refractivity contribution in [3.8, 4) is 0 Å². The van der Waals surface area contributed by atoms with Crippen molar-refractivity contribution in [1.29, 1.82) is 0 Å². The van der Waals surface area contributed by atoms with E-state index in [1.54, 1.807) is 0 Å². The highest BCUT2D eigenvalue weighted by atomic mass is 15.4. The second-order valence-corrected chi connectivity index (χ2v) is 7.26. The molecule has 2 aliphatic rings. The molecule has 0 aromatic heterocycles. The maximum atomic E-state index is 2.57. The van der Waals surface area contributed by atoms with Crippen molar-refractivity contribution in [2.24, 2.45) is 0 Å². The van der Waals surface area contributed by atoms with Gasteiger partial charge < -0.3 is 19.6 Å². The van der Waals surface area contributed by atoms with E-state index in [-0.39, 0.29) is 0 Å². The fraction of sp³-hybridized carbons (Fsp3) is 0.778. The SMILES string of the molecule is CC1=C(C)N(CCC(C)N2CN(C(C)C)C(C)=C2C)CN1C. The van der Waals surface area contributed by atoms with Crippen LogP contribution in [0.1, 0.15) is 54.9 Å². The van der Waals surface area contributed by atoms with Crippen LogP contribution in [-0.4, -0.2) is 58.6 Å². The minimum atomic E-state index is 0.576. The fourth-order valence-electron chi connectivity index (χ4n) is 3.52. The zero-order valence-electron chi connectivity index (χ0n) is 15.8. The predicted molar refractivity (Wildman–Crippen MR) is 93.8 cm³/mol. The van der Waals surface area contributed by atoms with Gasteiger partial charge in [0.05, 0.1) is 13.3 Å². The quantitative estimate of drug-likeness (QED) is 0.771. The van der Waals surface area contributed by atoms with Crippen molar-refractivity contribution >= 4 is 0 Å². The van der Waals surface area contributed by atoms with Gasteiger partial charge in [-0.25, -0.2) is 0 Å². The molecule has 0 aliphatic carbocycles. The van der Waals surface area contributed by atoms with E-state index in [1.807, 2.05) is 0 Å². The van der Waals surface area contributed by atoms with E-state index in [0.29, 0.717) is 12.1 Å². The minimum absolute atomic E-state index is 0.576. The summed E-state index contributed by atoms with van der Waals surface area (Å²) in [5.41, 5.74) is 5.73. The first-order valence-electron chi connectivity index (χ1n) is 8.58. The van der Waals surface area contributed by atoms with Crippen LogP contribution in [0.15, 0.2) is 22.8 Å². The number of hydrogen-bond donors (Lipinski definition) is 0. The van der Waals surface area contributed by atoms with E-state index in [9.17, 15) is 0 Å². The molecule has 0 aromatic carbocycles. The molecule has 0 saturated carbocycles. The van der Waals surface area contributed by atoms with Crippen molar-refractivity contribution in [3.63, 3.8) is 0 Å². The van der Waals surface area contributed by atoms with E-state index in [1.165, 1.54) is 29.2 Å². The molecule has 1 atom stereocenters. The topological polar surface area (TPSA) is 13.0 Å². The van der Waals surface area contributed by atoms with Gasteiger partial charge in [-0.05, 0) is 54.9 Å². The number of allylic oxidation sites excluding steroid dienone is 4. The van der Waals surface area contributed by atoms with Crippen molar-refractivity contribution < 1.29 is 0 Å². The third-order valence-electron chi connectivity index (χ3n) is 5.62. The highest BCUT2D eigenvalue weighted by Crippen LogP contribution is 2.28. The second kappa shape index (κ2) is 6.43. The molecule has 22 heavy (non-hydrogen) atoms. The fourth-order valence-corrected chi connectivity index (χ4v) is 3.52. The molecule has 2 aliphatic heterocycles. The Bertz CT molecular complexity index is 477. The molecule has 2 heterocycles. The van der Waals surface area contributed by atoms with Crippen molar-refractivity contribution in [1.82, 2.24) is 19.6 Å². The molecule has 126 valence electrons. The lowest BCUT2D eigenvalue weighted by Gasteiger charge is -2.32. The molecule has 4 heteroatoms. The van der Waals surface area contributed by atoms with Gasteiger partial charge in [0.15, 0.2) is 0 Å². The molecule has 0 N–H and O–H groups in total. The third-order valence-corrected chi connectivity index (χ3v) is 5.62. The van der Waals surface area contributed by atoms with E-state index in [2.05, 4.69) is 75.1 Å². The molecule has 2 rings (SSSR count). The van der Waals surface area contributed by atoms with Crippen LogP contribution in [0.25, 0.3) is 0 Å². The average Bonchev–Trinajstić information content (AvgIpc) is 2.89. The summed E-state index contributed by atoms with van der Waals surface area (Å²) in [5, 5.41) is 0. The van der Waals surface area contributed by atoms with Crippen LogP contribution in [0.5, 0.6) is 0 Å². The Morgan fingerprint density at radius 3 is 1.86 bits per heavy atom. The van der Waals surface area contributed by atoms with Gasteiger partial charge in [-0.15, -0.1) is 0 Å². The molecule has 0 bridgehead atoms. The van der Waals surface area contributed by atoms with E-state index in [4.69, 9.17) is 0 Å². The van der Waals surface area contributed by atoms with E-state index < -0.39 is 0 Å². The molecule has 4 nitrogen and oxygen atoms in total. The summed E-state index contributed by atoms with van der Waals surface area (Å²) in [6, 6.07) is 1.16. The summed E-state index contributed by atoms with van der Waals surface area (Å²) >= 11 is 0. The van der Waals surface area contributed by atoms with Gasteiger partial charge in [-0.3, -0.25) is 0 Å². The van der Waals surface area contributed by atoms with E-state index in [0.717, 1.165) is 19.9 Å². The highest BCUT2D eigenvalue weighted by molar-refractivity contribution is 5.16. The van der Waals surface area contributed by atoms with Crippen molar-refractivity contribution in [3.05, 3.63) is 22.8 Å². The molecule has 1 unspecified atom stereocenters. The minimum Gasteiger partial charge on any atom is -0.359 e. The molecule has 0 spiro atoms. The van der Waals surface area contributed by atoms with Crippen LogP contribution >= 0.6 is 0 Å². The number of rotatable bonds is 5. The lowest BCUT2D eigenvalue weighted by Crippen LogP contribution is -2.38. The summed E-state index contributed by atoms with van der Waals surface area (Å²) < 4.78 is 0. The van der Waals surface area contributed by atoms with Crippen LogP contribution in [0, 0.1) is 0 Å². The maximum absolute atomic E-state index is 2.57. The van der Waals surface area contributed by atoms with Crippen LogP contribution < -0.4 is 0 Å². The lowest BCUT2D eigenvalue weighted by molar-refractivity contribution is 0.164. The third kappa shape index (κ3) is 3.06. The second-order valence-electron chi connectivity index (χ2n) is 7.26. The van der Waals surface area contributed by atoms with Gasteiger partial charge in [0.1, 0.15) is 0 Å². The van der Waals surface area contributed by atoms with Gasteiger partial charge in [-0.1, -0.05) is 0 Å². The summed E-state index contributed by atoms with van der Waals surface area (Å²) in [5.74, 6) is 0. The monoisotopic (exact) mass is 306 g/mol. The Morgan fingerprint density at radius 1 is 0.818 bits per heavy atom. The van der Waals surface area contributed by atoms with Gasteiger partial charge in [0.2, 0.25) is 0 Å². The molecule has 0 fully saturated rings. The Morgan fingerprint density at radius 2 is 1.41 bits per heavy atom. The van der Waals surface area contributed by atoms with Crippen LogP contribution in [-0.2, 0) is 0 Å². The Balaban J connectivity index is 1.93. The predicted octanol–water partition coefficient (Wildman–Crippen LogP) is 3.46. The first-order valence-corrected chi connectivity index (χ1v) is 8.58. The number of hydrogen-bond acceptors (Lipinski definition) is 4. The first-order chi connectivity index (χ1) is 10.2. The van der Waals surface area contributed by atoms with Crippen molar-refractivity contribution in [2.75, 3.05) is 26.9 Å². The molecule has 0 saturated heterocycles. The zero-order valence-corrected chi connectivity index (χ0v) is 15.8. The normalized spacial score (nSPS) is 21.1. The summed E-state index contributed by atoms with van der Waals surface area (Å²) in [4.78, 5) is 9.92. The molecular weight excluding hydrogens is 272 g/mol. The smallest absolute Gasteiger partial charge is 0.0903 e. The van der Waals surface area contributed by atoms with Gasteiger partial charge in [0, 0.05) is 48.5 Å². The molecule has 0 aromatic rings. The summed E-state index contributed by atoms with van der Waals surface area (Å²) in [6.45, 7) is 19.1. The van der Waals surface area contributed by atoms with Crippen molar-refractivity contribution in [2.45, 2.75) is 67.0 Å². The first kappa shape index (κ1) is 17.0.